The second-order valence-corrected chi connectivity index (χ2v) is 7.70. The minimum absolute atomic E-state index is 0.321. The van der Waals surface area contributed by atoms with Crippen molar-refractivity contribution in [2.75, 3.05) is 20.8 Å². The molecule has 0 bridgehead atoms. The molecule has 6 nitrogen and oxygen atoms in total. The number of hydrazone groups is 1. The van der Waals surface area contributed by atoms with Crippen LogP contribution in [0.1, 0.15) is 61.4 Å². The van der Waals surface area contributed by atoms with Crippen LogP contribution < -0.4 is 19.6 Å². The van der Waals surface area contributed by atoms with Crippen LogP contribution in [0.5, 0.6) is 17.2 Å². The summed E-state index contributed by atoms with van der Waals surface area (Å²) in [5, 5.41) is 4.47. The van der Waals surface area contributed by atoms with Crippen LogP contribution in [0.15, 0.2) is 53.1 Å². The second-order valence-electron chi connectivity index (χ2n) is 7.70. The van der Waals surface area contributed by atoms with Crippen LogP contribution in [0.2, 0.25) is 0 Å². The van der Waals surface area contributed by atoms with Gasteiger partial charge in [0.25, 0.3) is 5.91 Å². The molecule has 3 rings (SSSR count). The molecule has 1 aliphatic carbocycles. The monoisotopic (exact) mass is 436 g/mol. The van der Waals surface area contributed by atoms with Gasteiger partial charge < -0.3 is 14.2 Å². The molecule has 1 aliphatic rings. The van der Waals surface area contributed by atoms with Gasteiger partial charge in [0.2, 0.25) is 5.75 Å². The number of carbonyl (C=O) groups is 1. The Bertz CT molecular complexity index is 942. The summed E-state index contributed by atoms with van der Waals surface area (Å²) >= 11 is 0. The normalized spacial score (nSPS) is 16.1. The molecule has 0 spiro atoms. The van der Waals surface area contributed by atoms with Crippen LogP contribution >= 0.6 is 0 Å². The third kappa shape index (κ3) is 6.13. The number of methoxy groups -OCH3 is 2. The predicted molar refractivity (Wildman–Crippen MR) is 128 cm³/mol. The van der Waals surface area contributed by atoms with Gasteiger partial charge in [0.1, 0.15) is 0 Å². The summed E-state index contributed by atoms with van der Waals surface area (Å²) in [4.78, 5) is 12.9. The largest absolute Gasteiger partial charge is 0.493 e. The summed E-state index contributed by atoms with van der Waals surface area (Å²) in [7, 11) is 3.10. The van der Waals surface area contributed by atoms with E-state index < -0.39 is 0 Å². The average molecular weight is 437 g/mol. The van der Waals surface area contributed by atoms with Gasteiger partial charge in [0.05, 0.1) is 26.5 Å². The Morgan fingerprint density at radius 1 is 1.06 bits per heavy atom. The Morgan fingerprint density at radius 3 is 2.41 bits per heavy atom. The first kappa shape index (κ1) is 23.4. The van der Waals surface area contributed by atoms with E-state index in [4.69, 9.17) is 14.2 Å². The van der Waals surface area contributed by atoms with Gasteiger partial charge in [-0.25, -0.2) is 5.43 Å². The molecule has 0 atom stereocenters. The molecule has 2 aromatic carbocycles. The van der Waals surface area contributed by atoms with Gasteiger partial charge in [-0.2, -0.15) is 5.10 Å². The van der Waals surface area contributed by atoms with Crippen molar-refractivity contribution in [3.05, 3.63) is 59.2 Å². The molecule has 0 unspecified atom stereocenters. The topological polar surface area (TPSA) is 69.2 Å². The van der Waals surface area contributed by atoms with Gasteiger partial charge in [0, 0.05) is 5.56 Å². The summed E-state index contributed by atoms with van der Waals surface area (Å²) < 4.78 is 16.7. The lowest BCUT2D eigenvalue weighted by Crippen LogP contribution is -2.22. The van der Waals surface area contributed by atoms with Gasteiger partial charge in [-0.15, -0.1) is 0 Å². The Morgan fingerprint density at radius 2 is 1.75 bits per heavy atom. The molecule has 6 heteroatoms. The number of unbranched alkanes of at least 4 members (excludes halogenated alkanes) is 1. The van der Waals surface area contributed by atoms with E-state index in [1.165, 1.54) is 0 Å². The number of amides is 1. The minimum Gasteiger partial charge on any atom is -0.493 e. The van der Waals surface area contributed by atoms with Crippen molar-refractivity contribution in [1.29, 1.82) is 0 Å². The Labute approximate surface area is 190 Å². The summed E-state index contributed by atoms with van der Waals surface area (Å²) in [5.41, 5.74) is 6.34. The van der Waals surface area contributed by atoms with E-state index in [1.54, 1.807) is 26.4 Å². The van der Waals surface area contributed by atoms with E-state index in [1.807, 2.05) is 18.2 Å². The van der Waals surface area contributed by atoms with Crippen LogP contribution in [0.3, 0.4) is 0 Å². The quantitative estimate of drug-likeness (QED) is 0.409. The number of benzene rings is 2. The fourth-order valence-electron chi connectivity index (χ4n) is 3.60. The summed E-state index contributed by atoms with van der Waals surface area (Å²) in [6, 6.07) is 13.5. The summed E-state index contributed by atoms with van der Waals surface area (Å²) in [6.45, 7) is 2.65. The van der Waals surface area contributed by atoms with Gasteiger partial charge >= 0.3 is 0 Å². The number of hydrogen-bond acceptors (Lipinski definition) is 5. The molecule has 1 amide bonds. The highest BCUT2D eigenvalue weighted by molar-refractivity contribution is 6.05. The molecular formula is C26H32N2O4. The summed E-state index contributed by atoms with van der Waals surface area (Å²) in [6.07, 6.45) is 8.08. The lowest BCUT2D eigenvalue weighted by atomic mass is 9.91. The van der Waals surface area contributed by atoms with E-state index in [0.29, 0.717) is 29.4 Å². The van der Waals surface area contributed by atoms with Crippen molar-refractivity contribution in [2.45, 2.75) is 45.4 Å². The van der Waals surface area contributed by atoms with Crippen LogP contribution in [0.4, 0.5) is 0 Å². The Kier molecular flexibility index (Phi) is 8.72. The molecular weight excluding hydrogens is 404 g/mol. The van der Waals surface area contributed by atoms with Crippen LogP contribution in [-0.4, -0.2) is 32.4 Å². The van der Waals surface area contributed by atoms with Gasteiger partial charge in [-0.05, 0) is 61.4 Å². The highest BCUT2D eigenvalue weighted by Crippen LogP contribution is 2.38. The number of hydrogen-bond donors (Lipinski definition) is 1. The fourth-order valence-corrected chi connectivity index (χ4v) is 3.60. The van der Waals surface area contributed by atoms with E-state index in [-0.39, 0.29) is 5.91 Å². The van der Waals surface area contributed by atoms with E-state index in [2.05, 4.69) is 35.7 Å². The number of carbonyl (C=O) groups excluding carboxylic acids is 1. The zero-order valence-electron chi connectivity index (χ0n) is 19.1. The third-order valence-electron chi connectivity index (χ3n) is 5.38. The van der Waals surface area contributed by atoms with Crippen molar-refractivity contribution >= 4 is 17.7 Å². The number of nitrogens with zero attached hydrogens (tertiary/aromatic N) is 1. The van der Waals surface area contributed by atoms with Gasteiger partial charge in [0.15, 0.2) is 11.5 Å². The third-order valence-corrected chi connectivity index (χ3v) is 5.38. The Hall–Kier alpha value is -3.28. The molecule has 32 heavy (non-hydrogen) atoms. The molecule has 1 fully saturated rings. The molecule has 0 radical (unpaired) electrons. The lowest BCUT2D eigenvalue weighted by Gasteiger charge is -2.18. The molecule has 0 aromatic heterocycles. The first-order chi connectivity index (χ1) is 15.7. The molecule has 1 N–H and O–H groups in total. The molecule has 0 saturated heterocycles. The van der Waals surface area contributed by atoms with Crippen molar-refractivity contribution in [3.8, 4) is 17.2 Å². The highest BCUT2D eigenvalue weighted by atomic mass is 16.5. The van der Waals surface area contributed by atoms with E-state index >= 15 is 0 Å². The van der Waals surface area contributed by atoms with E-state index in [0.717, 1.165) is 55.4 Å². The van der Waals surface area contributed by atoms with Crippen LogP contribution in [0, 0.1) is 0 Å². The van der Waals surface area contributed by atoms with E-state index in [9.17, 15) is 4.79 Å². The maximum absolute atomic E-state index is 12.9. The predicted octanol–water partition coefficient (Wildman–Crippen LogP) is 5.63. The maximum Gasteiger partial charge on any atom is 0.271 e. The number of nitrogens with one attached hydrogen (secondary N) is 1. The zero-order chi connectivity index (χ0) is 22.8. The lowest BCUT2D eigenvalue weighted by molar-refractivity contribution is 0.0954. The van der Waals surface area contributed by atoms with Gasteiger partial charge in [-0.1, -0.05) is 43.7 Å². The van der Waals surface area contributed by atoms with Crippen molar-refractivity contribution in [2.24, 2.45) is 5.10 Å². The number of rotatable bonds is 9. The van der Waals surface area contributed by atoms with Crippen LogP contribution in [0.25, 0.3) is 6.08 Å². The van der Waals surface area contributed by atoms with Crippen molar-refractivity contribution in [3.63, 3.8) is 0 Å². The average Bonchev–Trinajstić information content (AvgIpc) is 2.84. The zero-order valence-corrected chi connectivity index (χ0v) is 19.1. The van der Waals surface area contributed by atoms with Crippen LogP contribution in [-0.2, 0) is 0 Å². The molecule has 170 valence electrons. The standard InChI is InChI=1S/C26H32N2O4/c1-4-5-15-32-25-23(30-2)17-21(18-24(25)31-3)26(29)28-27-22-14-10-9-13-20(22)16-19-11-7-6-8-12-19/h6-8,11-12,16-18H,4-5,9-10,13-15H2,1-3H3,(H,28,29). The number of ether oxygens (including phenoxy) is 3. The molecule has 0 aliphatic heterocycles. The smallest absolute Gasteiger partial charge is 0.271 e. The Balaban J connectivity index is 1.79. The molecule has 2 aromatic rings. The van der Waals surface area contributed by atoms with Crippen molar-refractivity contribution in [1.82, 2.24) is 5.43 Å². The summed E-state index contributed by atoms with van der Waals surface area (Å²) in [5.74, 6) is 1.10. The highest BCUT2D eigenvalue weighted by Gasteiger charge is 2.19. The maximum atomic E-state index is 12.9. The second kappa shape index (κ2) is 11.9. The SMILES string of the molecule is CCCCOc1c(OC)cc(C(=O)NN=C2CCCCC2=Cc2ccccc2)cc1OC. The first-order valence-corrected chi connectivity index (χ1v) is 11.2. The molecule has 0 heterocycles. The minimum atomic E-state index is -0.321. The molecule has 1 saturated carbocycles. The van der Waals surface area contributed by atoms with Crippen molar-refractivity contribution < 1.29 is 19.0 Å². The first-order valence-electron chi connectivity index (χ1n) is 11.2. The van der Waals surface area contributed by atoms with Gasteiger partial charge in [-0.3, -0.25) is 4.79 Å². The fraction of sp³-hybridized carbons (Fsp3) is 0.385. The number of allylic oxidation sites excluding steroid dienone is 1.